The molecule has 0 fully saturated rings. The predicted octanol–water partition coefficient (Wildman–Crippen LogP) is 2.34. The van der Waals surface area contributed by atoms with Crippen molar-refractivity contribution in [2.45, 2.75) is 13.8 Å². The number of nitrogens with zero attached hydrogens (tertiary/aromatic N) is 1. The Balaban J connectivity index is 1.99. The van der Waals surface area contributed by atoms with E-state index >= 15 is 0 Å². The van der Waals surface area contributed by atoms with Gasteiger partial charge in [0.05, 0.1) is 12.8 Å². The van der Waals surface area contributed by atoms with Gasteiger partial charge in [-0.2, -0.15) is 0 Å². The molecule has 6 nitrogen and oxygen atoms in total. The molecule has 0 saturated carbocycles. The van der Waals surface area contributed by atoms with Crippen LogP contribution in [-0.4, -0.2) is 30.6 Å². The van der Waals surface area contributed by atoms with Crippen molar-refractivity contribution in [2.75, 3.05) is 13.7 Å². The van der Waals surface area contributed by atoms with Crippen molar-refractivity contribution < 1.29 is 23.6 Å². The number of ether oxygens (including phenoxy) is 2. The van der Waals surface area contributed by atoms with Crippen molar-refractivity contribution >= 4 is 11.8 Å². The summed E-state index contributed by atoms with van der Waals surface area (Å²) in [6.45, 7) is 2.91. The highest BCUT2D eigenvalue weighted by atomic mass is 16.5. The van der Waals surface area contributed by atoms with Gasteiger partial charge in [-0.3, -0.25) is 4.79 Å². The lowest BCUT2D eigenvalue weighted by atomic mass is 10.1. The molecule has 0 spiro atoms. The van der Waals surface area contributed by atoms with Crippen LogP contribution in [0.2, 0.25) is 0 Å². The Morgan fingerprint density at radius 2 is 1.86 bits per heavy atom. The Morgan fingerprint density at radius 3 is 2.38 bits per heavy atom. The van der Waals surface area contributed by atoms with Gasteiger partial charge >= 0.3 is 5.97 Å². The van der Waals surface area contributed by atoms with E-state index in [4.69, 9.17) is 14.0 Å². The first-order valence-corrected chi connectivity index (χ1v) is 6.30. The number of esters is 1. The van der Waals surface area contributed by atoms with Crippen LogP contribution in [0.3, 0.4) is 0 Å². The maximum absolute atomic E-state index is 11.9. The van der Waals surface area contributed by atoms with Crippen LogP contribution < -0.4 is 4.74 Å². The third-order valence-electron chi connectivity index (χ3n) is 2.98. The van der Waals surface area contributed by atoms with Crippen LogP contribution in [0.5, 0.6) is 5.75 Å². The molecular weight excluding hydrogens is 274 g/mol. The van der Waals surface area contributed by atoms with E-state index in [2.05, 4.69) is 5.16 Å². The Bertz CT molecular complexity index is 638. The van der Waals surface area contributed by atoms with Crippen LogP contribution in [-0.2, 0) is 4.74 Å². The summed E-state index contributed by atoms with van der Waals surface area (Å²) in [5.41, 5.74) is 1.15. The normalized spacial score (nSPS) is 10.2. The molecule has 2 rings (SSSR count). The predicted molar refractivity (Wildman–Crippen MR) is 73.6 cm³/mol. The van der Waals surface area contributed by atoms with Crippen molar-refractivity contribution in [3.63, 3.8) is 0 Å². The van der Waals surface area contributed by atoms with Crippen molar-refractivity contribution in [3.05, 3.63) is 46.8 Å². The molecule has 1 heterocycles. The standard InChI is InChI=1S/C15H15NO5/c1-9-14(10(2)21-16-9)15(18)20-8-13(17)11-4-6-12(19-3)7-5-11/h4-7H,8H2,1-3H3. The first-order valence-electron chi connectivity index (χ1n) is 6.30. The molecule has 0 atom stereocenters. The molecule has 6 heteroatoms. The molecular formula is C15H15NO5. The van der Waals surface area contributed by atoms with E-state index in [1.54, 1.807) is 45.2 Å². The zero-order valence-electron chi connectivity index (χ0n) is 12.0. The van der Waals surface area contributed by atoms with E-state index in [0.717, 1.165) is 0 Å². The lowest BCUT2D eigenvalue weighted by Gasteiger charge is -2.05. The lowest BCUT2D eigenvalue weighted by molar-refractivity contribution is 0.0472. The number of hydrogen-bond donors (Lipinski definition) is 0. The minimum Gasteiger partial charge on any atom is -0.497 e. The number of methoxy groups -OCH3 is 1. The summed E-state index contributed by atoms with van der Waals surface area (Å²) < 4.78 is 14.9. The average Bonchev–Trinajstić information content (AvgIpc) is 2.83. The van der Waals surface area contributed by atoms with Crippen molar-refractivity contribution in [1.82, 2.24) is 5.16 Å². The molecule has 21 heavy (non-hydrogen) atoms. The number of aromatic nitrogens is 1. The zero-order valence-corrected chi connectivity index (χ0v) is 12.0. The quantitative estimate of drug-likeness (QED) is 0.621. The van der Waals surface area contributed by atoms with Gasteiger partial charge < -0.3 is 14.0 Å². The van der Waals surface area contributed by atoms with E-state index in [1.165, 1.54) is 0 Å². The Hall–Kier alpha value is -2.63. The molecule has 0 aliphatic carbocycles. The second-order valence-electron chi connectivity index (χ2n) is 4.43. The Kier molecular flexibility index (Phi) is 4.37. The van der Waals surface area contributed by atoms with Gasteiger partial charge in [-0.05, 0) is 38.1 Å². The van der Waals surface area contributed by atoms with Gasteiger partial charge in [-0.1, -0.05) is 5.16 Å². The number of rotatable bonds is 5. The third-order valence-corrected chi connectivity index (χ3v) is 2.98. The molecule has 0 aliphatic rings. The molecule has 1 aromatic heterocycles. The van der Waals surface area contributed by atoms with Crippen molar-refractivity contribution in [1.29, 1.82) is 0 Å². The lowest BCUT2D eigenvalue weighted by Crippen LogP contribution is -2.15. The first kappa shape index (κ1) is 14.8. The minimum absolute atomic E-state index is 0.262. The van der Waals surface area contributed by atoms with Gasteiger partial charge in [0.1, 0.15) is 17.1 Å². The maximum atomic E-state index is 11.9. The van der Waals surface area contributed by atoms with Crippen LogP contribution in [0.25, 0.3) is 0 Å². The summed E-state index contributed by atoms with van der Waals surface area (Å²) in [5.74, 6) is 0.111. The molecule has 2 aromatic rings. The summed E-state index contributed by atoms with van der Waals surface area (Å²) in [7, 11) is 1.54. The highest BCUT2D eigenvalue weighted by Crippen LogP contribution is 2.15. The summed E-state index contributed by atoms with van der Waals surface area (Å²) in [6.07, 6.45) is 0. The molecule has 0 aliphatic heterocycles. The van der Waals surface area contributed by atoms with E-state index in [1.807, 2.05) is 0 Å². The largest absolute Gasteiger partial charge is 0.497 e. The second kappa shape index (κ2) is 6.21. The molecule has 110 valence electrons. The molecule has 0 bridgehead atoms. The number of ketones is 1. The van der Waals surface area contributed by atoms with E-state index < -0.39 is 5.97 Å². The molecule has 0 unspecified atom stereocenters. The molecule has 0 N–H and O–H groups in total. The number of carbonyl (C=O) groups excluding carboxylic acids is 2. The van der Waals surface area contributed by atoms with Crippen LogP contribution >= 0.6 is 0 Å². The zero-order chi connectivity index (χ0) is 15.4. The second-order valence-corrected chi connectivity index (χ2v) is 4.43. The van der Waals surface area contributed by atoms with E-state index in [9.17, 15) is 9.59 Å². The number of hydrogen-bond acceptors (Lipinski definition) is 6. The van der Waals surface area contributed by atoms with Gasteiger partial charge in [0.25, 0.3) is 0 Å². The fraction of sp³-hybridized carbons (Fsp3) is 0.267. The monoisotopic (exact) mass is 289 g/mol. The van der Waals surface area contributed by atoms with Crippen LogP contribution in [0, 0.1) is 13.8 Å². The Labute approximate surface area is 121 Å². The highest BCUT2D eigenvalue weighted by molar-refractivity contribution is 5.99. The smallest absolute Gasteiger partial charge is 0.344 e. The molecule has 0 saturated heterocycles. The van der Waals surface area contributed by atoms with Crippen LogP contribution in [0.1, 0.15) is 32.2 Å². The van der Waals surface area contributed by atoms with Crippen molar-refractivity contribution in [3.8, 4) is 5.75 Å². The maximum Gasteiger partial charge on any atom is 0.344 e. The average molecular weight is 289 g/mol. The minimum atomic E-state index is -0.617. The first-order chi connectivity index (χ1) is 10.0. The number of Topliss-reactive ketones (excluding diaryl/α,β-unsaturated/α-hetero) is 1. The third kappa shape index (κ3) is 3.28. The highest BCUT2D eigenvalue weighted by Gasteiger charge is 2.20. The molecule has 1 aromatic carbocycles. The summed E-state index contributed by atoms with van der Waals surface area (Å²) in [5, 5.41) is 3.67. The van der Waals surface area contributed by atoms with E-state index in [0.29, 0.717) is 22.8 Å². The fourth-order valence-electron chi connectivity index (χ4n) is 1.84. The van der Waals surface area contributed by atoms with E-state index in [-0.39, 0.29) is 18.0 Å². The van der Waals surface area contributed by atoms with Crippen LogP contribution in [0.15, 0.2) is 28.8 Å². The van der Waals surface area contributed by atoms with Gasteiger partial charge in [-0.15, -0.1) is 0 Å². The summed E-state index contributed by atoms with van der Waals surface area (Å²) in [6, 6.07) is 6.57. The topological polar surface area (TPSA) is 78.6 Å². The Morgan fingerprint density at radius 1 is 1.19 bits per heavy atom. The number of carbonyl (C=O) groups is 2. The van der Waals surface area contributed by atoms with Gasteiger partial charge in [0.15, 0.2) is 12.4 Å². The number of aryl methyl sites for hydroxylation is 2. The molecule has 0 amide bonds. The number of benzene rings is 1. The fourth-order valence-corrected chi connectivity index (χ4v) is 1.84. The SMILES string of the molecule is COc1ccc(C(=O)COC(=O)c2c(C)noc2C)cc1. The van der Waals surface area contributed by atoms with Crippen molar-refractivity contribution in [2.24, 2.45) is 0 Å². The van der Waals surface area contributed by atoms with Gasteiger partial charge in [0, 0.05) is 5.56 Å². The molecule has 0 radical (unpaired) electrons. The summed E-state index contributed by atoms with van der Waals surface area (Å²) >= 11 is 0. The van der Waals surface area contributed by atoms with Crippen LogP contribution in [0.4, 0.5) is 0 Å². The van der Waals surface area contributed by atoms with Gasteiger partial charge in [0.2, 0.25) is 0 Å². The van der Waals surface area contributed by atoms with Gasteiger partial charge in [-0.25, -0.2) is 4.79 Å². The summed E-state index contributed by atoms with van der Waals surface area (Å²) in [4.78, 5) is 23.8.